The zero-order valence-corrected chi connectivity index (χ0v) is 18.9. The number of aromatic nitrogens is 2. The van der Waals surface area contributed by atoms with Crippen molar-refractivity contribution < 1.29 is 18.7 Å². The smallest absolute Gasteiger partial charge is 0.229 e. The first-order valence-corrected chi connectivity index (χ1v) is 11.4. The Kier molecular flexibility index (Phi) is 6.05. The number of hydrogen-bond donors (Lipinski definition) is 1. The summed E-state index contributed by atoms with van der Waals surface area (Å²) in [6.45, 7) is 7.83. The van der Waals surface area contributed by atoms with E-state index >= 15 is 0 Å². The average Bonchev–Trinajstić information content (AvgIpc) is 3.31. The van der Waals surface area contributed by atoms with Gasteiger partial charge in [-0.3, -0.25) is 4.79 Å². The summed E-state index contributed by atoms with van der Waals surface area (Å²) in [6.07, 6.45) is 4.82. The minimum Gasteiger partial charge on any atom is -0.396 e. The molecule has 0 bridgehead atoms. The first kappa shape index (κ1) is 22.8. The van der Waals surface area contributed by atoms with Crippen molar-refractivity contribution >= 4 is 5.91 Å². The third-order valence-electron chi connectivity index (χ3n) is 8.11. The van der Waals surface area contributed by atoms with E-state index in [0.29, 0.717) is 12.5 Å². The molecule has 1 N–H and O–H groups in total. The van der Waals surface area contributed by atoms with Gasteiger partial charge < -0.3 is 10.0 Å². The van der Waals surface area contributed by atoms with Gasteiger partial charge in [-0.2, -0.15) is 10.2 Å². The maximum Gasteiger partial charge on any atom is 0.229 e. The number of aliphatic hydroxyl groups excluding tert-OH is 1. The lowest BCUT2D eigenvalue weighted by Gasteiger charge is -2.42. The lowest BCUT2D eigenvalue weighted by atomic mass is 9.63. The predicted octanol–water partition coefficient (Wildman–Crippen LogP) is 4.56. The van der Waals surface area contributed by atoms with Gasteiger partial charge in [0.15, 0.2) is 0 Å². The van der Waals surface area contributed by atoms with Gasteiger partial charge >= 0.3 is 0 Å². The summed E-state index contributed by atoms with van der Waals surface area (Å²) in [5.41, 5.74) is -0.103. The Morgan fingerprint density at radius 1 is 1.22 bits per heavy atom. The second-order valence-electron chi connectivity index (χ2n) is 10.0. The third kappa shape index (κ3) is 3.70. The topological polar surface area (TPSA) is 66.3 Å². The van der Waals surface area contributed by atoms with E-state index in [2.05, 4.69) is 24.0 Å². The number of hydrogen-bond acceptors (Lipinski definition) is 4. The number of carbonyl (C=O) groups is 1. The molecule has 2 aliphatic rings. The zero-order chi connectivity index (χ0) is 23.1. The standard InChI is InChI=1S/C25H31F2N3O2/c1-24(2)18(7-10-25(24,3)23(32)30-11-8-16(15-30)9-12-31)17-13-21(29-28-14-17)22-19(26)5-4-6-20(22)27/h4-6,13-14,16,18,31H,7-12,15H2,1-3H3/t16?,18-,25-/m1/s1. The molecule has 1 amide bonds. The van der Waals surface area contributed by atoms with Crippen molar-refractivity contribution in [2.45, 2.75) is 52.4 Å². The fourth-order valence-electron chi connectivity index (χ4n) is 5.69. The normalized spacial score (nSPS) is 27.1. The summed E-state index contributed by atoms with van der Waals surface area (Å²) >= 11 is 0. The number of likely N-dealkylation sites (tertiary alicyclic amines) is 1. The average molecular weight is 444 g/mol. The summed E-state index contributed by atoms with van der Waals surface area (Å²) in [4.78, 5) is 15.6. The highest BCUT2D eigenvalue weighted by Gasteiger charge is 2.57. The van der Waals surface area contributed by atoms with Crippen LogP contribution in [-0.2, 0) is 4.79 Å². The molecule has 4 rings (SSSR count). The summed E-state index contributed by atoms with van der Waals surface area (Å²) in [5, 5.41) is 17.3. The van der Waals surface area contributed by atoms with E-state index in [1.165, 1.54) is 18.2 Å². The van der Waals surface area contributed by atoms with Crippen molar-refractivity contribution in [2.75, 3.05) is 19.7 Å². The van der Waals surface area contributed by atoms with Gasteiger partial charge in [-0.25, -0.2) is 8.78 Å². The molecule has 32 heavy (non-hydrogen) atoms. The van der Waals surface area contributed by atoms with Gasteiger partial charge in [-0.1, -0.05) is 26.8 Å². The monoisotopic (exact) mass is 443 g/mol. The largest absolute Gasteiger partial charge is 0.396 e. The van der Waals surface area contributed by atoms with Gasteiger partial charge in [0, 0.05) is 19.7 Å². The van der Waals surface area contributed by atoms with Crippen molar-refractivity contribution in [3.05, 3.63) is 47.7 Å². The van der Waals surface area contributed by atoms with Crippen LogP contribution in [0.4, 0.5) is 8.78 Å². The highest BCUT2D eigenvalue weighted by atomic mass is 19.1. The van der Waals surface area contributed by atoms with Crippen molar-refractivity contribution in [3.8, 4) is 11.3 Å². The lowest BCUT2D eigenvalue weighted by molar-refractivity contribution is -0.145. The van der Waals surface area contributed by atoms with Crippen LogP contribution in [0.15, 0.2) is 30.5 Å². The molecule has 2 fully saturated rings. The van der Waals surface area contributed by atoms with Gasteiger partial charge in [-0.15, -0.1) is 0 Å². The van der Waals surface area contributed by atoms with E-state index in [1.807, 2.05) is 11.8 Å². The van der Waals surface area contributed by atoms with Crippen LogP contribution in [0.1, 0.15) is 57.9 Å². The van der Waals surface area contributed by atoms with Crippen molar-refractivity contribution in [1.29, 1.82) is 0 Å². The molecule has 5 nitrogen and oxygen atoms in total. The van der Waals surface area contributed by atoms with Crippen molar-refractivity contribution in [3.63, 3.8) is 0 Å². The highest BCUT2D eigenvalue weighted by Crippen LogP contribution is 2.60. The van der Waals surface area contributed by atoms with E-state index in [4.69, 9.17) is 0 Å². The van der Waals surface area contributed by atoms with E-state index in [-0.39, 0.29) is 35.1 Å². The molecule has 2 heterocycles. The molecule has 1 saturated carbocycles. The molecule has 172 valence electrons. The maximum absolute atomic E-state index is 14.3. The Bertz CT molecular complexity index is 992. The Balaban J connectivity index is 1.61. The first-order chi connectivity index (χ1) is 15.2. The van der Waals surface area contributed by atoms with Crippen LogP contribution >= 0.6 is 0 Å². The highest BCUT2D eigenvalue weighted by molar-refractivity contribution is 5.84. The van der Waals surface area contributed by atoms with Gasteiger partial charge in [0.05, 0.1) is 22.9 Å². The Morgan fingerprint density at radius 3 is 2.62 bits per heavy atom. The molecule has 1 unspecified atom stereocenters. The maximum atomic E-state index is 14.3. The lowest BCUT2D eigenvalue weighted by Crippen LogP contribution is -2.48. The van der Waals surface area contributed by atoms with Crippen LogP contribution in [-0.4, -0.2) is 45.8 Å². The van der Waals surface area contributed by atoms with Crippen LogP contribution < -0.4 is 0 Å². The van der Waals surface area contributed by atoms with E-state index in [1.54, 1.807) is 12.3 Å². The fraction of sp³-hybridized carbons (Fsp3) is 0.560. The molecule has 2 aromatic rings. The van der Waals surface area contributed by atoms with Gasteiger partial charge in [0.2, 0.25) is 5.91 Å². The number of amides is 1. The van der Waals surface area contributed by atoms with Crippen LogP contribution in [0.2, 0.25) is 0 Å². The van der Waals surface area contributed by atoms with Crippen LogP contribution in [0, 0.1) is 28.4 Å². The molecule has 7 heteroatoms. The second-order valence-corrected chi connectivity index (χ2v) is 10.0. The molecule has 1 saturated heterocycles. The molecule has 0 spiro atoms. The quantitative estimate of drug-likeness (QED) is 0.736. The van der Waals surface area contributed by atoms with Crippen LogP contribution in [0.5, 0.6) is 0 Å². The molecule has 1 aromatic carbocycles. The van der Waals surface area contributed by atoms with E-state index in [9.17, 15) is 18.7 Å². The minimum atomic E-state index is -0.673. The number of rotatable bonds is 5. The zero-order valence-electron chi connectivity index (χ0n) is 18.9. The molecule has 0 radical (unpaired) electrons. The number of benzene rings is 1. The number of nitrogens with zero attached hydrogens (tertiary/aromatic N) is 3. The number of halogens is 2. The number of carbonyl (C=O) groups excluding carboxylic acids is 1. The third-order valence-corrected chi connectivity index (χ3v) is 8.11. The summed E-state index contributed by atoms with van der Waals surface area (Å²) in [6, 6.07) is 5.46. The number of aliphatic hydroxyl groups is 1. The molecular formula is C25H31F2N3O2. The van der Waals surface area contributed by atoms with E-state index in [0.717, 1.165) is 37.8 Å². The predicted molar refractivity (Wildman–Crippen MR) is 118 cm³/mol. The molecule has 3 atom stereocenters. The Morgan fingerprint density at radius 2 is 1.94 bits per heavy atom. The van der Waals surface area contributed by atoms with Gasteiger partial charge in [0.25, 0.3) is 0 Å². The SMILES string of the molecule is CC1(C)[C@@H](c2cnnc(-c3c(F)cccc3F)c2)CC[C@]1(C)C(=O)N1CCC(CCO)C1. The minimum absolute atomic E-state index is 0.0105. The van der Waals surface area contributed by atoms with Crippen LogP contribution in [0.25, 0.3) is 11.3 Å². The Labute approximate surface area is 187 Å². The summed E-state index contributed by atoms with van der Waals surface area (Å²) < 4.78 is 28.6. The molecular weight excluding hydrogens is 412 g/mol. The fourth-order valence-corrected chi connectivity index (χ4v) is 5.69. The molecule has 1 aliphatic carbocycles. The molecule has 1 aliphatic heterocycles. The summed E-state index contributed by atoms with van der Waals surface area (Å²) in [5.74, 6) is -0.818. The van der Waals surface area contributed by atoms with Crippen molar-refractivity contribution in [2.24, 2.45) is 16.7 Å². The first-order valence-electron chi connectivity index (χ1n) is 11.4. The van der Waals surface area contributed by atoms with Gasteiger partial charge in [0.1, 0.15) is 11.6 Å². The van der Waals surface area contributed by atoms with Gasteiger partial charge in [-0.05, 0) is 66.7 Å². The molecule has 1 aromatic heterocycles. The van der Waals surface area contributed by atoms with Crippen LogP contribution in [0.3, 0.4) is 0 Å². The van der Waals surface area contributed by atoms with Crippen molar-refractivity contribution in [1.82, 2.24) is 15.1 Å². The Hall–Kier alpha value is -2.41. The van der Waals surface area contributed by atoms with E-state index < -0.39 is 17.0 Å². The second kappa shape index (κ2) is 8.50. The summed E-state index contributed by atoms with van der Waals surface area (Å²) in [7, 11) is 0.